The number of fused-ring (bicyclic) bond motifs is 1. The minimum atomic E-state index is -0.312. The zero-order chi connectivity index (χ0) is 14.8. The van der Waals surface area contributed by atoms with E-state index in [1.807, 2.05) is 25.1 Å². The van der Waals surface area contributed by atoms with Gasteiger partial charge in [-0.25, -0.2) is 9.97 Å². The molecule has 1 aromatic heterocycles. The number of carbonyl (C=O) groups is 1. The first-order chi connectivity index (χ1) is 10.2. The first-order valence-electron chi connectivity index (χ1n) is 6.79. The smallest absolute Gasteiger partial charge is 0.249 e. The fourth-order valence-corrected chi connectivity index (χ4v) is 2.80. The number of hydrogen-bond donors (Lipinski definition) is 1. The van der Waals surface area contributed by atoms with Crippen LogP contribution in [0.4, 0.5) is 11.6 Å². The van der Waals surface area contributed by atoms with Crippen molar-refractivity contribution >= 4 is 29.1 Å². The fraction of sp³-hybridized carbons (Fsp3) is 0.267. The summed E-state index contributed by atoms with van der Waals surface area (Å²) >= 11 is 6.20. The van der Waals surface area contributed by atoms with E-state index < -0.39 is 0 Å². The van der Waals surface area contributed by atoms with Gasteiger partial charge in [-0.1, -0.05) is 17.7 Å². The van der Waals surface area contributed by atoms with Gasteiger partial charge in [0.2, 0.25) is 11.9 Å². The molecule has 3 rings (SSSR count). The summed E-state index contributed by atoms with van der Waals surface area (Å²) in [6.07, 6.45) is 4.05. The second-order valence-corrected chi connectivity index (χ2v) is 5.33. The topological polar surface area (TPSA) is 58.1 Å². The molecule has 5 nitrogen and oxygen atoms in total. The van der Waals surface area contributed by atoms with Gasteiger partial charge in [-0.3, -0.25) is 10.1 Å². The Labute approximate surface area is 128 Å². The minimum absolute atomic E-state index is 0.131. The molecule has 2 heterocycles. The lowest BCUT2D eigenvalue weighted by atomic mass is 10.1. The largest absolute Gasteiger partial charge is 0.359 e. The summed E-state index contributed by atoms with van der Waals surface area (Å²) in [4.78, 5) is 22.4. The Kier molecular flexibility index (Phi) is 3.75. The maximum atomic E-state index is 12.3. The van der Waals surface area contributed by atoms with Crippen LogP contribution >= 0.6 is 11.6 Å². The number of nitrogens with one attached hydrogen (secondary N) is 1. The third-order valence-corrected chi connectivity index (χ3v) is 4.01. The number of halogens is 1. The molecule has 21 heavy (non-hydrogen) atoms. The molecule has 0 saturated heterocycles. The van der Waals surface area contributed by atoms with Crippen LogP contribution in [0.2, 0.25) is 5.02 Å². The molecule has 0 unspecified atom stereocenters. The normalized spacial score (nSPS) is 14.7. The SMILES string of the molecule is C[C@H](C(=O)Nc1ncccn1)N1CCc2c(Cl)cccc21. The molecule has 0 radical (unpaired) electrons. The standard InChI is InChI=1S/C15H15ClN4O/c1-10(14(21)19-15-17-7-3-8-18-15)20-9-6-11-12(16)4-2-5-13(11)20/h2-5,7-8,10H,6,9H2,1H3,(H,17,18,19,21)/t10-/m1/s1. The molecule has 1 atom stereocenters. The van der Waals surface area contributed by atoms with E-state index in [0.717, 1.165) is 29.2 Å². The molecule has 1 aliphatic heterocycles. The summed E-state index contributed by atoms with van der Waals surface area (Å²) in [5, 5.41) is 3.49. The van der Waals surface area contributed by atoms with Gasteiger partial charge in [0.15, 0.2) is 0 Å². The molecular formula is C15H15ClN4O. The van der Waals surface area contributed by atoms with E-state index in [2.05, 4.69) is 20.2 Å². The quantitative estimate of drug-likeness (QED) is 0.946. The van der Waals surface area contributed by atoms with Gasteiger partial charge in [0.1, 0.15) is 6.04 Å². The number of aromatic nitrogens is 2. The van der Waals surface area contributed by atoms with Crippen LogP contribution in [0.3, 0.4) is 0 Å². The molecule has 0 aliphatic carbocycles. The van der Waals surface area contributed by atoms with Crippen molar-refractivity contribution in [1.29, 1.82) is 0 Å². The predicted octanol–water partition coefficient (Wildman–Crippen LogP) is 2.52. The molecule has 0 bridgehead atoms. The Morgan fingerprint density at radius 3 is 2.86 bits per heavy atom. The van der Waals surface area contributed by atoms with Crippen LogP contribution in [0.15, 0.2) is 36.7 Å². The number of nitrogens with zero attached hydrogens (tertiary/aromatic N) is 3. The van der Waals surface area contributed by atoms with E-state index in [0.29, 0.717) is 5.95 Å². The monoisotopic (exact) mass is 302 g/mol. The molecule has 1 N–H and O–H groups in total. The molecule has 6 heteroatoms. The van der Waals surface area contributed by atoms with Crippen molar-refractivity contribution in [3.63, 3.8) is 0 Å². The van der Waals surface area contributed by atoms with Crippen LogP contribution in [0.1, 0.15) is 12.5 Å². The highest BCUT2D eigenvalue weighted by Gasteiger charge is 2.29. The van der Waals surface area contributed by atoms with Crippen molar-refractivity contribution in [2.45, 2.75) is 19.4 Å². The number of benzene rings is 1. The molecule has 0 spiro atoms. The van der Waals surface area contributed by atoms with E-state index in [4.69, 9.17) is 11.6 Å². The van der Waals surface area contributed by atoms with Crippen molar-refractivity contribution in [3.05, 3.63) is 47.2 Å². The van der Waals surface area contributed by atoms with E-state index in [1.165, 1.54) is 0 Å². The third kappa shape index (κ3) is 2.69. The first-order valence-corrected chi connectivity index (χ1v) is 7.16. The second-order valence-electron chi connectivity index (χ2n) is 4.92. The van der Waals surface area contributed by atoms with Crippen LogP contribution in [0.25, 0.3) is 0 Å². The molecule has 2 aromatic rings. The molecule has 0 fully saturated rings. The zero-order valence-corrected chi connectivity index (χ0v) is 12.3. The lowest BCUT2D eigenvalue weighted by Crippen LogP contribution is -2.41. The highest BCUT2D eigenvalue weighted by Crippen LogP contribution is 2.34. The Bertz CT molecular complexity index is 662. The summed E-state index contributed by atoms with van der Waals surface area (Å²) in [5.74, 6) is 0.189. The van der Waals surface area contributed by atoms with E-state index in [-0.39, 0.29) is 11.9 Å². The van der Waals surface area contributed by atoms with Crippen molar-refractivity contribution in [2.24, 2.45) is 0 Å². The Morgan fingerprint density at radius 1 is 1.33 bits per heavy atom. The van der Waals surface area contributed by atoms with Gasteiger partial charge in [-0.05, 0) is 37.1 Å². The highest BCUT2D eigenvalue weighted by atomic mass is 35.5. The van der Waals surface area contributed by atoms with Crippen molar-refractivity contribution in [3.8, 4) is 0 Å². The van der Waals surface area contributed by atoms with Crippen LogP contribution in [-0.4, -0.2) is 28.5 Å². The number of anilines is 2. The third-order valence-electron chi connectivity index (χ3n) is 3.65. The second kappa shape index (κ2) is 5.69. The summed E-state index contributed by atoms with van der Waals surface area (Å²) in [5.41, 5.74) is 2.13. The van der Waals surface area contributed by atoms with Crippen LogP contribution in [0, 0.1) is 0 Å². The maximum Gasteiger partial charge on any atom is 0.249 e. The molecular weight excluding hydrogens is 288 g/mol. The number of amides is 1. The van der Waals surface area contributed by atoms with Gasteiger partial charge in [0.05, 0.1) is 0 Å². The highest BCUT2D eigenvalue weighted by molar-refractivity contribution is 6.31. The van der Waals surface area contributed by atoms with Crippen LogP contribution < -0.4 is 10.2 Å². The van der Waals surface area contributed by atoms with Gasteiger partial charge >= 0.3 is 0 Å². The van der Waals surface area contributed by atoms with Gasteiger partial charge in [-0.2, -0.15) is 0 Å². The van der Waals surface area contributed by atoms with E-state index in [1.54, 1.807) is 18.5 Å². The number of hydrogen-bond acceptors (Lipinski definition) is 4. The predicted molar refractivity (Wildman–Crippen MR) is 82.6 cm³/mol. The van der Waals surface area contributed by atoms with Crippen molar-refractivity contribution in [1.82, 2.24) is 9.97 Å². The van der Waals surface area contributed by atoms with Gasteiger partial charge in [0, 0.05) is 29.6 Å². The van der Waals surface area contributed by atoms with Gasteiger partial charge < -0.3 is 4.90 Å². The number of carbonyl (C=O) groups excluding carboxylic acids is 1. The maximum absolute atomic E-state index is 12.3. The fourth-order valence-electron chi connectivity index (χ4n) is 2.54. The Balaban J connectivity index is 1.77. The van der Waals surface area contributed by atoms with Gasteiger partial charge in [-0.15, -0.1) is 0 Å². The lowest BCUT2D eigenvalue weighted by Gasteiger charge is -2.26. The molecule has 0 saturated carbocycles. The molecule has 1 aliphatic rings. The summed E-state index contributed by atoms with van der Waals surface area (Å²) in [6, 6.07) is 7.18. The summed E-state index contributed by atoms with van der Waals surface area (Å²) in [7, 11) is 0. The number of rotatable bonds is 3. The van der Waals surface area contributed by atoms with Gasteiger partial charge in [0.25, 0.3) is 0 Å². The van der Waals surface area contributed by atoms with E-state index >= 15 is 0 Å². The first kappa shape index (κ1) is 13.8. The van der Waals surface area contributed by atoms with E-state index in [9.17, 15) is 4.79 Å². The summed E-state index contributed by atoms with van der Waals surface area (Å²) < 4.78 is 0. The lowest BCUT2D eigenvalue weighted by molar-refractivity contribution is -0.117. The Morgan fingerprint density at radius 2 is 2.10 bits per heavy atom. The molecule has 1 amide bonds. The molecule has 1 aromatic carbocycles. The van der Waals surface area contributed by atoms with Crippen molar-refractivity contribution < 1.29 is 4.79 Å². The summed E-state index contributed by atoms with van der Waals surface area (Å²) in [6.45, 7) is 2.65. The minimum Gasteiger partial charge on any atom is -0.359 e. The Hall–Kier alpha value is -2.14. The van der Waals surface area contributed by atoms with Crippen LogP contribution in [-0.2, 0) is 11.2 Å². The average Bonchev–Trinajstić information content (AvgIpc) is 2.93. The van der Waals surface area contributed by atoms with Crippen LogP contribution in [0.5, 0.6) is 0 Å². The average molecular weight is 303 g/mol. The molecule has 108 valence electrons. The van der Waals surface area contributed by atoms with Crippen molar-refractivity contribution in [2.75, 3.05) is 16.8 Å². The zero-order valence-electron chi connectivity index (χ0n) is 11.6.